The van der Waals surface area contributed by atoms with Crippen LogP contribution in [-0.2, 0) is 0 Å². The normalized spacial score (nSPS) is 11.4. The molecule has 1 heterocycles. The highest BCUT2D eigenvalue weighted by molar-refractivity contribution is 6.17. The van der Waals surface area contributed by atoms with Crippen molar-refractivity contribution in [1.29, 1.82) is 0 Å². The van der Waals surface area contributed by atoms with E-state index in [2.05, 4.69) is 433 Å². The van der Waals surface area contributed by atoms with Crippen molar-refractivity contribution in [2.75, 3.05) is 9.80 Å². The van der Waals surface area contributed by atoms with Crippen LogP contribution in [0.3, 0.4) is 0 Å². The van der Waals surface area contributed by atoms with Crippen molar-refractivity contribution in [2.45, 2.75) is 0 Å². The van der Waals surface area contributed by atoms with Crippen LogP contribution in [0.25, 0.3) is 149 Å². The third kappa shape index (κ3) is 11.5. The lowest BCUT2D eigenvalue weighted by Crippen LogP contribution is -2.14. The van der Waals surface area contributed by atoms with E-state index in [1.807, 2.05) is 0 Å². The summed E-state index contributed by atoms with van der Waals surface area (Å²) < 4.78 is 2.51. The Morgan fingerprint density at radius 3 is 1.15 bits per heavy atom. The van der Waals surface area contributed by atoms with Gasteiger partial charge < -0.3 is 14.4 Å². The smallest absolute Gasteiger partial charge is 0.0702 e. The molecule has 1 aromatic heterocycles. The van der Waals surface area contributed by atoms with Gasteiger partial charge in [-0.3, -0.25) is 0 Å². The Morgan fingerprint density at radius 2 is 0.571 bits per heavy atom. The summed E-state index contributed by atoms with van der Waals surface area (Å²) in [5.74, 6) is 0. The summed E-state index contributed by atoms with van der Waals surface area (Å²) in [6, 6.07) is 154. The lowest BCUT2D eigenvalue weighted by molar-refractivity contribution is 1.15. The molecule has 0 aliphatic rings. The van der Waals surface area contributed by atoms with Crippen LogP contribution in [0.2, 0.25) is 0 Å². The van der Waals surface area contributed by atoms with Crippen LogP contribution in [0.4, 0.5) is 34.1 Å². The number of rotatable bonds is 15. The fourth-order valence-electron chi connectivity index (χ4n) is 16.0. The van der Waals surface area contributed by atoms with Gasteiger partial charge in [0, 0.05) is 39.0 Å². The molecule has 0 aliphatic carbocycles. The maximum Gasteiger partial charge on any atom is 0.0702 e. The highest BCUT2D eigenvalue weighted by Crippen LogP contribution is 2.51. The second-order valence-electron chi connectivity index (χ2n) is 27.1. The van der Waals surface area contributed by atoms with Crippen LogP contribution >= 0.6 is 0 Å². The number of benzene rings is 18. The molecule has 0 radical (unpaired) electrons. The van der Waals surface area contributed by atoms with E-state index in [1.165, 1.54) is 59.8 Å². The predicted octanol–water partition coefficient (Wildman–Crippen LogP) is 28.5. The molecule has 0 aliphatic heterocycles. The molecule has 18 aromatic carbocycles. The van der Waals surface area contributed by atoms with Crippen LogP contribution in [0, 0.1) is 0 Å². The average Bonchev–Trinajstić information content (AvgIpc) is 1.61. The quantitative estimate of drug-likeness (QED) is 0.101. The topological polar surface area (TPSA) is 11.4 Å². The zero-order chi connectivity index (χ0) is 69.6. The van der Waals surface area contributed by atoms with Gasteiger partial charge in [-0.05, 0) is 195 Å². The van der Waals surface area contributed by atoms with Gasteiger partial charge in [-0.15, -0.1) is 0 Å². The van der Waals surface area contributed by atoms with Crippen molar-refractivity contribution in [1.82, 2.24) is 4.57 Å². The second-order valence-corrected chi connectivity index (χ2v) is 27.1. The highest BCUT2D eigenvalue weighted by Gasteiger charge is 2.27. The Labute approximate surface area is 612 Å². The van der Waals surface area contributed by atoms with Crippen molar-refractivity contribution in [3.63, 3.8) is 0 Å². The first kappa shape index (κ1) is 62.2. The van der Waals surface area contributed by atoms with Crippen LogP contribution < -0.4 is 9.80 Å². The Morgan fingerprint density at radius 1 is 0.171 bits per heavy atom. The van der Waals surface area contributed by atoms with Crippen LogP contribution in [0.1, 0.15) is 0 Å². The average molecular weight is 1340 g/mol. The molecule has 19 rings (SSSR count). The maximum atomic E-state index is 2.51. The summed E-state index contributed by atoms with van der Waals surface area (Å²) in [5.41, 5.74) is 28.0. The van der Waals surface area contributed by atoms with E-state index in [4.69, 9.17) is 0 Å². The van der Waals surface area contributed by atoms with Gasteiger partial charge in [0.25, 0.3) is 0 Å². The highest BCUT2D eigenvalue weighted by atomic mass is 15.2. The zero-order valence-electron chi connectivity index (χ0n) is 57.7. The summed E-state index contributed by atoms with van der Waals surface area (Å²) in [7, 11) is 0. The van der Waals surface area contributed by atoms with Crippen molar-refractivity contribution >= 4 is 88.2 Å². The van der Waals surface area contributed by atoms with Crippen molar-refractivity contribution < 1.29 is 0 Å². The summed E-state index contributed by atoms with van der Waals surface area (Å²) in [6.45, 7) is 0. The lowest BCUT2D eigenvalue weighted by atomic mass is 9.91. The molecular weight excluding hydrogens is 1270 g/mol. The molecule has 0 unspecified atom stereocenters. The van der Waals surface area contributed by atoms with E-state index in [9.17, 15) is 0 Å². The molecule has 19 aromatic rings. The minimum atomic E-state index is 1.04. The summed E-state index contributed by atoms with van der Waals surface area (Å²) in [6.07, 6.45) is 0. The molecule has 0 spiro atoms. The monoisotopic (exact) mass is 1340 g/mol. The Bertz CT molecular complexity index is 6450. The van der Waals surface area contributed by atoms with Gasteiger partial charge in [-0.25, -0.2) is 0 Å². The van der Waals surface area contributed by atoms with Crippen molar-refractivity contribution in [3.8, 4) is 94.7 Å². The van der Waals surface area contributed by atoms with Crippen molar-refractivity contribution in [3.05, 3.63) is 419 Å². The Kier molecular flexibility index (Phi) is 15.9. The van der Waals surface area contributed by atoms with E-state index in [0.717, 1.165) is 123 Å². The number of fused-ring (bicyclic) bond motifs is 6. The molecule has 492 valence electrons. The molecule has 3 nitrogen and oxygen atoms in total. The number of hydrogen-bond donors (Lipinski definition) is 0. The third-order valence-corrected chi connectivity index (χ3v) is 20.9. The summed E-state index contributed by atoms with van der Waals surface area (Å²) in [4.78, 5) is 4.97. The molecule has 0 N–H and O–H groups in total. The first-order chi connectivity index (χ1) is 52.1. The number of hydrogen-bond acceptors (Lipinski definition) is 2. The molecular formula is C102H69N3. The molecule has 0 fully saturated rings. The van der Waals surface area contributed by atoms with Gasteiger partial charge in [0.2, 0.25) is 0 Å². The SMILES string of the molecule is c1ccc(-c2cccc(N(c3ccc(-c4cc(-c5cccc6c5c5ccccc5n6-c5ccccc5N(c5cccc(-c6ccccc6)c5)c5cc(-c6cccc7ccccc67)ccc5-c5ccccc5)cc5ccccc45)cc3)c3cc(-c4cccc5ccccc45)ccc3-c3ccccc3)c2)cc1. The predicted molar refractivity (Wildman–Crippen MR) is 446 cm³/mol. The lowest BCUT2D eigenvalue weighted by Gasteiger charge is -2.31. The molecule has 0 atom stereocenters. The maximum absolute atomic E-state index is 2.51. The molecule has 3 heteroatoms. The van der Waals surface area contributed by atoms with E-state index in [0.29, 0.717) is 0 Å². The van der Waals surface area contributed by atoms with Crippen LogP contribution in [-0.4, -0.2) is 4.57 Å². The minimum Gasteiger partial charge on any atom is -0.310 e. The third-order valence-electron chi connectivity index (χ3n) is 20.9. The van der Waals surface area contributed by atoms with Crippen LogP contribution in [0.5, 0.6) is 0 Å². The van der Waals surface area contributed by atoms with E-state index in [1.54, 1.807) is 0 Å². The van der Waals surface area contributed by atoms with Gasteiger partial charge in [-0.2, -0.15) is 0 Å². The molecule has 0 saturated heterocycles. The zero-order valence-corrected chi connectivity index (χ0v) is 57.7. The van der Waals surface area contributed by atoms with Gasteiger partial charge in [0.05, 0.1) is 33.8 Å². The molecule has 0 amide bonds. The summed E-state index contributed by atoms with van der Waals surface area (Å²) >= 11 is 0. The largest absolute Gasteiger partial charge is 0.310 e. The second kappa shape index (κ2) is 26.9. The number of aromatic nitrogens is 1. The van der Waals surface area contributed by atoms with Gasteiger partial charge >= 0.3 is 0 Å². The molecule has 105 heavy (non-hydrogen) atoms. The summed E-state index contributed by atoms with van der Waals surface area (Å²) in [5, 5.41) is 9.58. The number of para-hydroxylation sites is 3. The van der Waals surface area contributed by atoms with Crippen molar-refractivity contribution in [2.24, 2.45) is 0 Å². The number of nitrogens with zero attached hydrogens (tertiary/aromatic N) is 3. The standard InChI is InChI=1S/C102H69N3/c1-5-28-70(29-6-1)77-41-23-43-84(65-77)103(100-68-80(58-62-91(100)74-32-9-3-10-33-74)88-49-25-39-72-36-13-16-45-86(72)88)83-60-56-76(57-61-83)95-67-82(64-79-38-15-18-47-90(79)95)93-51-27-55-99-102(93)94-48-19-20-52-96(94)105(99)98-54-22-21-53-97(98)104(85-44-24-42-78(66-85)71-30-7-2-8-31-71)101-69-81(59-63-92(101)75-34-11-4-12-35-75)89-50-26-40-73-37-14-17-46-87(73)89/h1-69H. The minimum absolute atomic E-state index is 1.04. The van der Waals surface area contributed by atoms with E-state index in [-0.39, 0.29) is 0 Å². The first-order valence-electron chi connectivity index (χ1n) is 36.1. The van der Waals surface area contributed by atoms with E-state index < -0.39 is 0 Å². The fraction of sp³-hybridized carbons (Fsp3) is 0. The Hall–Kier alpha value is -13.9. The first-order valence-corrected chi connectivity index (χ1v) is 36.1. The molecule has 0 bridgehead atoms. The fourth-order valence-corrected chi connectivity index (χ4v) is 16.0. The number of anilines is 6. The van der Waals surface area contributed by atoms with Gasteiger partial charge in [0.1, 0.15) is 0 Å². The molecule has 0 saturated carbocycles. The van der Waals surface area contributed by atoms with Gasteiger partial charge in [0.15, 0.2) is 0 Å². The Balaban J connectivity index is 0.781. The van der Waals surface area contributed by atoms with E-state index >= 15 is 0 Å². The van der Waals surface area contributed by atoms with Crippen LogP contribution in [0.15, 0.2) is 419 Å². The van der Waals surface area contributed by atoms with Gasteiger partial charge in [-0.1, -0.05) is 334 Å².